The van der Waals surface area contributed by atoms with Crippen LogP contribution in [-0.4, -0.2) is 47.2 Å². The molecule has 1 aliphatic rings. The van der Waals surface area contributed by atoms with Crippen molar-refractivity contribution in [3.05, 3.63) is 60.4 Å². The highest BCUT2D eigenvalue weighted by Crippen LogP contribution is 2.25. The maximum Gasteiger partial charge on any atom is 0.167 e. The summed E-state index contributed by atoms with van der Waals surface area (Å²) in [5.41, 5.74) is 0.820. The van der Waals surface area contributed by atoms with Gasteiger partial charge in [-0.25, -0.2) is 0 Å². The van der Waals surface area contributed by atoms with Crippen LogP contribution in [0.25, 0.3) is 10.8 Å². The van der Waals surface area contributed by atoms with E-state index in [4.69, 9.17) is 4.74 Å². The number of rotatable bonds is 7. The van der Waals surface area contributed by atoms with Crippen LogP contribution in [0.15, 0.2) is 54.9 Å². The smallest absolute Gasteiger partial charge is 0.167 e. The molecule has 0 bridgehead atoms. The molecule has 146 valence electrons. The average molecular weight is 377 g/mol. The van der Waals surface area contributed by atoms with Crippen molar-refractivity contribution in [1.82, 2.24) is 14.7 Å². The molecule has 3 aromatic rings. The molecule has 1 saturated heterocycles. The van der Waals surface area contributed by atoms with Gasteiger partial charge in [-0.3, -0.25) is 9.48 Å². The summed E-state index contributed by atoms with van der Waals surface area (Å²) in [5.74, 6) is 1.20. The molecular weight excluding hydrogens is 350 g/mol. The molecule has 5 nitrogen and oxygen atoms in total. The number of aryl methyl sites for hydroxylation is 1. The van der Waals surface area contributed by atoms with Gasteiger partial charge in [-0.2, -0.15) is 5.10 Å². The summed E-state index contributed by atoms with van der Waals surface area (Å²) in [6, 6.07) is 13.9. The van der Waals surface area contributed by atoms with Crippen LogP contribution < -0.4 is 4.74 Å². The summed E-state index contributed by atoms with van der Waals surface area (Å²) in [4.78, 5) is 15.5. The Morgan fingerprint density at radius 1 is 1.18 bits per heavy atom. The standard InChI is InChI=1S/C23H27N3O2/c1-28-22-9-8-18-15-20(7-6-19(18)16-22)23(27)21-5-2-11-25(17-21)12-4-14-26-13-3-10-24-26/h3,6-10,13,15-16,21H,2,4-5,11-12,14,17H2,1H3. The van der Waals surface area contributed by atoms with Crippen LogP contribution in [-0.2, 0) is 6.54 Å². The van der Waals surface area contributed by atoms with Crippen molar-refractivity contribution in [1.29, 1.82) is 0 Å². The number of nitrogens with zero attached hydrogens (tertiary/aromatic N) is 3. The number of ketones is 1. The molecule has 1 atom stereocenters. The number of piperidine rings is 1. The fraction of sp³-hybridized carbons (Fsp3) is 0.391. The molecule has 1 aliphatic heterocycles. The number of benzene rings is 2. The Balaban J connectivity index is 1.38. The van der Waals surface area contributed by atoms with Crippen LogP contribution in [0.5, 0.6) is 5.75 Å². The molecule has 4 rings (SSSR count). The van der Waals surface area contributed by atoms with Crippen molar-refractivity contribution in [3.8, 4) is 5.75 Å². The van der Waals surface area contributed by atoms with Gasteiger partial charge in [0.1, 0.15) is 5.75 Å². The summed E-state index contributed by atoms with van der Waals surface area (Å²) in [6.07, 6.45) is 6.94. The maximum absolute atomic E-state index is 13.1. The Labute approximate surface area is 165 Å². The number of hydrogen-bond donors (Lipinski definition) is 0. The van der Waals surface area contributed by atoms with E-state index in [-0.39, 0.29) is 11.7 Å². The highest BCUT2D eigenvalue weighted by Gasteiger charge is 2.26. The lowest BCUT2D eigenvalue weighted by Gasteiger charge is -2.32. The van der Waals surface area contributed by atoms with Gasteiger partial charge < -0.3 is 9.64 Å². The number of carbonyl (C=O) groups excluding carboxylic acids is 1. The van der Waals surface area contributed by atoms with Crippen LogP contribution in [0.2, 0.25) is 0 Å². The molecule has 0 radical (unpaired) electrons. The number of methoxy groups -OCH3 is 1. The molecule has 0 saturated carbocycles. The lowest BCUT2D eigenvalue weighted by Crippen LogP contribution is -2.39. The molecular formula is C23H27N3O2. The van der Waals surface area contributed by atoms with Crippen molar-refractivity contribution in [2.75, 3.05) is 26.7 Å². The maximum atomic E-state index is 13.1. The minimum absolute atomic E-state index is 0.0918. The van der Waals surface area contributed by atoms with Crippen LogP contribution in [0.1, 0.15) is 29.6 Å². The van der Waals surface area contributed by atoms with Gasteiger partial charge in [-0.15, -0.1) is 0 Å². The molecule has 0 aliphatic carbocycles. The Hall–Kier alpha value is -2.66. The van der Waals surface area contributed by atoms with Gasteiger partial charge in [0.25, 0.3) is 0 Å². The third kappa shape index (κ3) is 4.25. The molecule has 5 heteroatoms. The van der Waals surface area contributed by atoms with Crippen molar-refractivity contribution in [2.24, 2.45) is 5.92 Å². The zero-order valence-electron chi connectivity index (χ0n) is 16.4. The quantitative estimate of drug-likeness (QED) is 0.583. The van der Waals surface area contributed by atoms with E-state index >= 15 is 0 Å². The van der Waals surface area contributed by atoms with Crippen molar-refractivity contribution in [3.63, 3.8) is 0 Å². The third-order valence-electron chi connectivity index (χ3n) is 5.63. The first-order valence-electron chi connectivity index (χ1n) is 10.0. The van der Waals surface area contributed by atoms with Gasteiger partial charge in [-0.05, 0) is 67.4 Å². The summed E-state index contributed by atoms with van der Waals surface area (Å²) >= 11 is 0. The third-order valence-corrected chi connectivity index (χ3v) is 5.63. The van der Waals surface area contributed by atoms with Gasteiger partial charge >= 0.3 is 0 Å². The number of likely N-dealkylation sites (tertiary alicyclic amines) is 1. The zero-order chi connectivity index (χ0) is 19.3. The first-order chi connectivity index (χ1) is 13.7. The van der Waals surface area contributed by atoms with E-state index in [1.54, 1.807) is 7.11 Å². The highest BCUT2D eigenvalue weighted by atomic mass is 16.5. The Bertz CT molecular complexity index is 936. The van der Waals surface area contributed by atoms with Crippen molar-refractivity contribution >= 4 is 16.6 Å². The van der Waals surface area contributed by atoms with Gasteiger partial charge in [0.15, 0.2) is 5.78 Å². The number of Topliss-reactive ketones (excluding diaryl/α,β-unsaturated/α-hetero) is 1. The van der Waals surface area contributed by atoms with Gasteiger partial charge in [-0.1, -0.05) is 18.2 Å². The number of hydrogen-bond acceptors (Lipinski definition) is 4. The summed E-state index contributed by atoms with van der Waals surface area (Å²) in [6.45, 7) is 3.89. The van der Waals surface area contributed by atoms with E-state index in [1.807, 2.05) is 59.5 Å². The van der Waals surface area contributed by atoms with Gasteiger partial charge in [0.05, 0.1) is 7.11 Å². The predicted molar refractivity (Wildman–Crippen MR) is 111 cm³/mol. The second-order valence-electron chi connectivity index (χ2n) is 7.55. The molecule has 2 heterocycles. The summed E-state index contributed by atoms with van der Waals surface area (Å²) in [7, 11) is 1.67. The Kier molecular flexibility index (Phi) is 5.72. The SMILES string of the molecule is COc1ccc2cc(C(=O)C3CCCN(CCCn4cccn4)C3)ccc2c1. The van der Waals surface area contributed by atoms with Crippen LogP contribution in [0.4, 0.5) is 0 Å². The number of fused-ring (bicyclic) bond motifs is 1. The van der Waals surface area contributed by atoms with E-state index < -0.39 is 0 Å². The molecule has 2 aromatic carbocycles. The Morgan fingerprint density at radius 2 is 2.04 bits per heavy atom. The zero-order valence-corrected chi connectivity index (χ0v) is 16.4. The van der Waals surface area contributed by atoms with E-state index in [1.165, 1.54) is 0 Å². The largest absolute Gasteiger partial charge is 0.497 e. The van der Waals surface area contributed by atoms with E-state index in [2.05, 4.69) is 10.00 Å². The van der Waals surface area contributed by atoms with E-state index in [0.29, 0.717) is 0 Å². The fourth-order valence-electron chi connectivity index (χ4n) is 4.10. The van der Waals surface area contributed by atoms with Crippen LogP contribution in [0.3, 0.4) is 0 Å². The molecule has 28 heavy (non-hydrogen) atoms. The number of ether oxygens (including phenoxy) is 1. The molecule has 0 spiro atoms. The lowest BCUT2D eigenvalue weighted by molar-refractivity contribution is 0.0817. The lowest BCUT2D eigenvalue weighted by atomic mass is 9.89. The predicted octanol–water partition coefficient (Wildman–Crippen LogP) is 4.03. The second kappa shape index (κ2) is 8.57. The molecule has 1 unspecified atom stereocenters. The fourth-order valence-corrected chi connectivity index (χ4v) is 4.10. The van der Waals surface area contributed by atoms with Gasteiger partial charge in [0, 0.05) is 37.0 Å². The first-order valence-corrected chi connectivity index (χ1v) is 10.0. The van der Waals surface area contributed by atoms with Crippen molar-refractivity contribution in [2.45, 2.75) is 25.8 Å². The first kappa shape index (κ1) is 18.7. The normalized spacial score (nSPS) is 17.7. The van der Waals surface area contributed by atoms with E-state index in [0.717, 1.165) is 67.5 Å². The minimum atomic E-state index is 0.0918. The second-order valence-corrected chi connectivity index (χ2v) is 7.55. The van der Waals surface area contributed by atoms with E-state index in [9.17, 15) is 4.79 Å². The molecule has 0 N–H and O–H groups in total. The minimum Gasteiger partial charge on any atom is -0.497 e. The summed E-state index contributed by atoms with van der Waals surface area (Å²) in [5, 5.41) is 6.43. The molecule has 1 aromatic heterocycles. The average Bonchev–Trinajstić information content (AvgIpc) is 3.26. The topological polar surface area (TPSA) is 47.4 Å². The van der Waals surface area contributed by atoms with Crippen molar-refractivity contribution < 1.29 is 9.53 Å². The monoisotopic (exact) mass is 377 g/mol. The van der Waals surface area contributed by atoms with Crippen LogP contribution >= 0.6 is 0 Å². The Morgan fingerprint density at radius 3 is 2.86 bits per heavy atom. The molecule has 0 amide bonds. The number of carbonyl (C=O) groups is 1. The number of aromatic nitrogens is 2. The highest BCUT2D eigenvalue weighted by molar-refractivity contribution is 6.01. The van der Waals surface area contributed by atoms with Gasteiger partial charge in [0.2, 0.25) is 0 Å². The summed E-state index contributed by atoms with van der Waals surface area (Å²) < 4.78 is 7.25. The van der Waals surface area contributed by atoms with Crippen LogP contribution in [0, 0.1) is 5.92 Å². The molecule has 1 fully saturated rings.